The number of benzene rings is 2. The van der Waals surface area contributed by atoms with Crippen molar-refractivity contribution >= 4 is 47.0 Å². The number of likely N-dealkylation sites (tertiary alicyclic amines) is 1. The van der Waals surface area contributed by atoms with E-state index in [9.17, 15) is 29.8 Å². The number of thioether (sulfide) groups is 1. The Kier molecular flexibility index (Phi) is 9.48. The van der Waals surface area contributed by atoms with Crippen molar-refractivity contribution in [1.82, 2.24) is 4.90 Å². The van der Waals surface area contributed by atoms with E-state index in [4.69, 9.17) is 4.74 Å². The van der Waals surface area contributed by atoms with Gasteiger partial charge < -0.3 is 9.64 Å². The molecule has 0 spiro atoms. The fourth-order valence-electron chi connectivity index (χ4n) is 3.56. The molecule has 2 aromatic carbocycles. The van der Waals surface area contributed by atoms with E-state index in [-0.39, 0.29) is 36.2 Å². The SMILES string of the molecule is COCCSCCC(=O)N1C/C(=C\c2ccc([N+](=O)[O-])cc2)C(=O)/C(=C/c2ccc([N+](=O)[O-])cc2)C1. The summed E-state index contributed by atoms with van der Waals surface area (Å²) in [7, 11) is 1.62. The van der Waals surface area contributed by atoms with Gasteiger partial charge in [0.2, 0.25) is 5.91 Å². The summed E-state index contributed by atoms with van der Waals surface area (Å²) < 4.78 is 5.02. The summed E-state index contributed by atoms with van der Waals surface area (Å²) in [6, 6.07) is 11.6. The molecule has 1 amide bonds. The summed E-state index contributed by atoms with van der Waals surface area (Å²) >= 11 is 1.61. The molecule has 1 aliphatic rings. The molecule has 1 saturated heterocycles. The molecule has 188 valence electrons. The third kappa shape index (κ3) is 7.33. The first-order valence-corrected chi connectivity index (χ1v) is 12.2. The van der Waals surface area contributed by atoms with Crippen molar-refractivity contribution in [2.45, 2.75) is 6.42 Å². The summed E-state index contributed by atoms with van der Waals surface area (Å²) in [5.74, 6) is 1.05. The molecule has 0 aromatic heterocycles. The molecule has 3 rings (SSSR count). The predicted molar refractivity (Wildman–Crippen MR) is 138 cm³/mol. The monoisotopic (exact) mass is 511 g/mol. The maximum Gasteiger partial charge on any atom is 0.269 e. The number of non-ortho nitro benzene ring substituents is 2. The summed E-state index contributed by atoms with van der Waals surface area (Å²) in [6.45, 7) is 0.839. The predicted octanol–water partition coefficient (Wildman–Crippen LogP) is 4.15. The van der Waals surface area contributed by atoms with E-state index in [0.29, 0.717) is 41.1 Å². The van der Waals surface area contributed by atoms with Crippen LogP contribution in [0, 0.1) is 20.2 Å². The maximum absolute atomic E-state index is 13.3. The molecular weight excluding hydrogens is 486 g/mol. The van der Waals surface area contributed by atoms with Crippen LogP contribution in [0.15, 0.2) is 59.7 Å². The highest BCUT2D eigenvalue weighted by molar-refractivity contribution is 7.99. The first kappa shape index (κ1) is 26.8. The molecule has 0 radical (unpaired) electrons. The van der Waals surface area contributed by atoms with E-state index in [0.717, 1.165) is 5.75 Å². The quantitative estimate of drug-likeness (QED) is 0.201. The van der Waals surface area contributed by atoms with Crippen LogP contribution in [0.3, 0.4) is 0 Å². The second-order valence-corrected chi connectivity index (χ2v) is 9.20. The Morgan fingerprint density at radius 3 is 1.81 bits per heavy atom. The number of nitro benzene ring substituents is 2. The minimum absolute atomic E-state index is 0.0614. The van der Waals surface area contributed by atoms with Gasteiger partial charge in [0, 0.05) is 73.5 Å². The highest BCUT2D eigenvalue weighted by Gasteiger charge is 2.29. The number of carbonyl (C=O) groups excluding carboxylic acids is 2. The number of methoxy groups -OCH3 is 1. The normalized spacial score (nSPS) is 15.9. The first-order chi connectivity index (χ1) is 17.3. The molecule has 1 aliphatic heterocycles. The van der Waals surface area contributed by atoms with Crippen LogP contribution in [-0.4, -0.2) is 64.7 Å². The van der Waals surface area contributed by atoms with Crippen LogP contribution in [0.1, 0.15) is 17.5 Å². The van der Waals surface area contributed by atoms with Gasteiger partial charge in [0.05, 0.1) is 16.5 Å². The minimum Gasteiger partial charge on any atom is -0.384 e. The summed E-state index contributed by atoms with van der Waals surface area (Å²) in [4.78, 5) is 48.7. The van der Waals surface area contributed by atoms with E-state index in [1.807, 2.05) is 0 Å². The molecule has 1 fully saturated rings. The first-order valence-electron chi connectivity index (χ1n) is 11.1. The number of ketones is 1. The standard InChI is InChI=1S/C25H25N3O7S/c1-35-11-13-36-12-10-24(29)26-16-20(14-18-2-6-22(7-3-18)27(31)32)25(30)21(17-26)15-19-4-8-23(9-5-19)28(33)34/h2-9,14-15H,10-13,16-17H2,1H3/b20-14+,21-15+. The van der Waals surface area contributed by atoms with Crippen molar-refractivity contribution in [1.29, 1.82) is 0 Å². The fraction of sp³-hybridized carbons (Fsp3) is 0.280. The molecule has 0 aliphatic carbocycles. The molecule has 0 bridgehead atoms. The molecule has 10 nitrogen and oxygen atoms in total. The van der Waals surface area contributed by atoms with Gasteiger partial charge in [-0.05, 0) is 47.5 Å². The Labute approximate surface area is 211 Å². The Morgan fingerprint density at radius 1 is 0.917 bits per heavy atom. The van der Waals surface area contributed by atoms with Gasteiger partial charge in [-0.3, -0.25) is 29.8 Å². The van der Waals surface area contributed by atoms with Crippen LogP contribution in [-0.2, 0) is 14.3 Å². The highest BCUT2D eigenvalue weighted by Crippen LogP contribution is 2.24. The lowest BCUT2D eigenvalue weighted by Crippen LogP contribution is -2.41. The highest BCUT2D eigenvalue weighted by atomic mass is 32.2. The second kappa shape index (κ2) is 12.8. The third-order valence-corrected chi connectivity index (χ3v) is 6.39. The lowest BCUT2D eigenvalue weighted by molar-refractivity contribution is -0.385. The van der Waals surface area contributed by atoms with Crippen LogP contribution in [0.2, 0.25) is 0 Å². The molecule has 11 heteroatoms. The number of carbonyl (C=O) groups is 2. The van der Waals surface area contributed by atoms with Gasteiger partial charge in [-0.25, -0.2) is 0 Å². The molecule has 0 unspecified atom stereocenters. The Bertz CT molecular complexity index is 1110. The van der Waals surface area contributed by atoms with Gasteiger partial charge in [0.1, 0.15) is 0 Å². The topological polar surface area (TPSA) is 133 Å². The Balaban J connectivity index is 1.86. The lowest BCUT2D eigenvalue weighted by Gasteiger charge is -2.30. The summed E-state index contributed by atoms with van der Waals surface area (Å²) in [6.07, 6.45) is 3.56. The molecule has 36 heavy (non-hydrogen) atoms. The molecular formula is C25H25N3O7S. The third-order valence-electron chi connectivity index (χ3n) is 5.44. The van der Waals surface area contributed by atoms with Gasteiger partial charge >= 0.3 is 0 Å². The van der Waals surface area contributed by atoms with Crippen LogP contribution >= 0.6 is 11.8 Å². The zero-order chi connectivity index (χ0) is 26.1. The van der Waals surface area contributed by atoms with Crippen molar-refractivity contribution in [3.05, 3.63) is 91.0 Å². The average Bonchev–Trinajstić information content (AvgIpc) is 2.86. The number of nitrogens with zero attached hydrogens (tertiary/aromatic N) is 3. The molecule has 0 atom stereocenters. The number of Topliss-reactive ketones (excluding diaryl/α,β-unsaturated/α-hetero) is 1. The largest absolute Gasteiger partial charge is 0.384 e. The van der Waals surface area contributed by atoms with Crippen LogP contribution in [0.25, 0.3) is 12.2 Å². The maximum atomic E-state index is 13.3. The number of rotatable bonds is 10. The van der Waals surface area contributed by atoms with E-state index in [1.54, 1.807) is 60.2 Å². The molecule has 2 aromatic rings. The van der Waals surface area contributed by atoms with E-state index in [2.05, 4.69) is 0 Å². The van der Waals surface area contributed by atoms with Crippen molar-refractivity contribution in [3.8, 4) is 0 Å². The molecule has 0 saturated carbocycles. The minimum atomic E-state index is -0.501. The van der Waals surface area contributed by atoms with Gasteiger partial charge in [-0.2, -0.15) is 11.8 Å². The summed E-state index contributed by atoms with van der Waals surface area (Å²) in [5.41, 5.74) is 1.83. The zero-order valence-corrected chi connectivity index (χ0v) is 20.4. The van der Waals surface area contributed by atoms with Crippen LogP contribution in [0.5, 0.6) is 0 Å². The lowest BCUT2D eigenvalue weighted by atomic mass is 9.94. The average molecular weight is 512 g/mol. The number of ether oxygens (including phenoxy) is 1. The Hall–Kier alpha value is -3.83. The molecule has 1 heterocycles. The van der Waals surface area contributed by atoms with Crippen molar-refractivity contribution in [2.24, 2.45) is 0 Å². The Morgan fingerprint density at radius 2 is 1.39 bits per heavy atom. The van der Waals surface area contributed by atoms with Gasteiger partial charge in [-0.15, -0.1) is 0 Å². The number of hydrogen-bond donors (Lipinski definition) is 0. The number of hydrogen-bond acceptors (Lipinski definition) is 8. The van der Waals surface area contributed by atoms with E-state index >= 15 is 0 Å². The smallest absolute Gasteiger partial charge is 0.269 e. The van der Waals surface area contributed by atoms with Crippen molar-refractivity contribution in [2.75, 3.05) is 38.3 Å². The van der Waals surface area contributed by atoms with Crippen LogP contribution < -0.4 is 0 Å². The zero-order valence-electron chi connectivity index (χ0n) is 19.6. The number of piperidine rings is 1. The molecule has 0 N–H and O–H groups in total. The van der Waals surface area contributed by atoms with Crippen molar-refractivity contribution < 1.29 is 24.2 Å². The summed E-state index contributed by atoms with van der Waals surface area (Å²) in [5, 5.41) is 21.9. The van der Waals surface area contributed by atoms with Gasteiger partial charge in [0.25, 0.3) is 11.4 Å². The second-order valence-electron chi connectivity index (χ2n) is 7.97. The van der Waals surface area contributed by atoms with E-state index in [1.165, 1.54) is 24.3 Å². The number of amides is 1. The fourth-order valence-corrected chi connectivity index (χ4v) is 4.37. The number of nitro groups is 2. The van der Waals surface area contributed by atoms with E-state index < -0.39 is 9.85 Å². The van der Waals surface area contributed by atoms with Gasteiger partial charge in [-0.1, -0.05) is 0 Å². The van der Waals surface area contributed by atoms with Gasteiger partial charge in [0.15, 0.2) is 5.78 Å². The van der Waals surface area contributed by atoms with Crippen molar-refractivity contribution in [3.63, 3.8) is 0 Å². The van der Waals surface area contributed by atoms with Crippen LogP contribution in [0.4, 0.5) is 11.4 Å².